The van der Waals surface area contributed by atoms with E-state index in [9.17, 15) is 18.4 Å². The first-order valence-electron chi connectivity index (χ1n) is 5.34. The third kappa shape index (κ3) is 3.03. The van der Waals surface area contributed by atoms with E-state index in [4.69, 9.17) is 4.74 Å². The average molecular weight is 258 g/mol. The van der Waals surface area contributed by atoms with Gasteiger partial charge in [0.05, 0.1) is 18.8 Å². The standard InChI is InChI=1S/C12H12F2O4/c1-3-17-11-8(5-7(13)6-9(11)14)10(15)12(16)18-4-2/h5-6H,3-4H2,1-2H3. The molecule has 0 heterocycles. The number of hydrogen-bond acceptors (Lipinski definition) is 4. The Labute approximate surface area is 103 Å². The van der Waals surface area contributed by atoms with Crippen LogP contribution in [0.2, 0.25) is 0 Å². The van der Waals surface area contributed by atoms with Gasteiger partial charge in [-0.05, 0) is 19.9 Å². The molecule has 0 bridgehead atoms. The maximum absolute atomic E-state index is 13.4. The highest BCUT2D eigenvalue weighted by Gasteiger charge is 2.25. The second-order valence-electron chi connectivity index (χ2n) is 3.25. The van der Waals surface area contributed by atoms with Crippen LogP contribution >= 0.6 is 0 Å². The number of rotatable bonds is 5. The van der Waals surface area contributed by atoms with Crippen LogP contribution in [0.3, 0.4) is 0 Å². The number of ketones is 1. The van der Waals surface area contributed by atoms with E-state index >= 15 is 0 Å². The van der Waals surface area contributed by atoms with Crippen LogP contribution in [0, 0.1) is 11.6 Å². The third-order valence-corrected chi connectivity index (χ3v) is 2.00. The number of carbonyl (C=O) groups excluding carboxylic acids is 2. The van der Waals surface area contributed by atoms with Gasteiger partial charge in [0, 0.05) is 6.07 Å². The average Bonchev–Trinajstić information content (AvgIpc) is 2.31. The molecular formula is C12H12F2O4. The van der Waals surface area contributed by atoms with E-state index in [0.717, 1.165) is 6.07 Å². The summed E-state index contributed by atoms with van der Waals surface area (Å²) in [6, 6.07) is 1.32. The summed E-state index contributed by atoms with van der Waals surface area (Å²) in [4.78, 5) is 22.9. The van der Waals surface area contributed by atoms with Gasteiger partial charge in [-0.25, -0.2) is 13.6 Å². The van der Waals surface area contributed by atoms with Crippen LogP contribution in [0.5, 0.6) is 5.75 Å². The Morgan fingerprint density at radius 1 is 1.17 bits per heavy atom. The van der Waals surface area contributed by atoms with Gasteiger partial charge in [0.2, 0.25) is 0 Å². The summed E-state index contributed by atoms with van der Waals surface area (Å²) in [7, 11) is 0. The SMILES string of the molecule is CCOC(=O)C(=O)c1cc(F)cc(F)c1OCC. The molecule has 0 aromatic heterocycles. The van der Waals surface area contributed by atoms with Crippen LogP contribution in [0.4, 0.5) is 8.78 Å². The van der Waals surface area contributed by atoms with E-state index in [2.05, 4.69) is 4.74 Å². The van der Waals surface area contributed by atoms with Crippen molar-refractivity contribution in [2.75, 3.05) is 13.2 Å². The van der Waals surface area contributed by atoms with Crippen LogP contribution in [0.1, 0.15) is 24.2 Å². The number of benzene rings is 1. The highest BCUT2D eigenvalue weighted by atomic mass is 19.1. The van der Waals surface area contributed by atoms with Gasteiger partial charge in [0.15, 0.2) is 11.6 Å². The van der Waals surface area contributed by atoms with Crippen molar-refractivity contribution < 1.29 is 27.8 Å². The Balaban J connectivity index is 3.20. The van der Waals surface area contributed by atoms with Crippen molar-refractivity contribution in [3.05, 3.63) is 29.3 Å². The molecule has 98 valence electrons. The molecule has 6 heteroatoms. The van der Waals surface area contributed by atoms with Gasteiger partial charge in [-0.1, -0.05) is 0 Å². The van der Waals surface area contributed by atoms with Gasteiger partial charge < -0.3 is 9.47 Å². The fourth-order valence-corrected chi connectivity index (χ4v) is 1.33. The molecule has 0 unspecified atom stereocenters. The van der Waals surface area contributed by atoms with E-state index < -0.39 is 34.7 Å². The van der Waals surface area contributed by atoms with E-state index in [0.29, 0.717) is 6.07 Å². The van der Waals surface area contributed by atoms with Crippen molar-refractivity contribution in [3.8, 4) is 5.75 Å². The molecule has 4 nitrogen and oxygen atoms in total. The first kappa shape index (κ1) is 14.1. The predicted molar refractivity (Wildman–Crippen MR) is 58.5 cm³/mol. The molecule has 0 atom stereocenters. The molecule has 0 saturated heterocycles. The summed E-state index contributed by atoms with van der Waals surface area (Å²) in [5.74, 6) is -4.77. The lowest BCUT2D eigenvalue weighted by Crippen LogP contribution is -2.19. The molecule has 0 radical (unpaired) electrons. The highest BCUT2D eigenvalue weighted by Crippen LogP contribution is 2.25. The third-order valence-electron chi connectivity index (χ3n) is 2.00. The zero-order valence-electron chi connectivity index (χ0n) is 9.96. The molecule has 0 aliphatic rings. The number of carbonyl (C=O) groups is 2. The van der Waals surface area contributed by atoms with Gasteiger partial charge in [-0.3, -0.25) is 4.79 Å². The predicted octanol–water partition coefficient (Wildman–Crippen LogP) is 2.11. The summed E-state index contributed by atoms with van der Waals surface area (Å²) < 4.78 is 35.9. The molecule has 0 saturated carbocycles. The normalized spacial score (nSPS) is 10.0. The second kappa shape index (κ2) is 6.09. The van der Waals surface area contributed by atoms with Crippen LogP contribution in [0.15, 0.2) is 12.1 Å². The molecular weight excluding hydrogens is 246 g/mol. The van der Waals surface area contributed by atoms with Gasteiger partial charge in [-0.15, -0.1) is 0 Å². The fraction of sp³-hybridized carbons (Fsp3) is 0.333. The topological polar surface area (TPSA) is 52.6 Å². The minimum Gasteiger partial charge on any atom is -0.490 e. The van der Waals surface area contributed by atoms with E-state index in [1.807, 2.05) is 0 Å². The Bertz CT molecular complexity index is 471. The van der Waals surface area contributed by atoms with Crippen LogP contribution in [-0.4, -0.2) is 25.0 Å². The number of hydrogen-bond donors (Lipinski definition) is 0. The number of Topliss-reactive ketones (excluding diaryl/α,β-unsaturated/α-hetero) is 1. The van der Waals surface area contributed by atoms with Crippen molar-refractivity contribution in [1.82, 2.24) is 0 Å². The summed E-state index contributed by atoms with van der Waals surface area (Å²) in [5.41, 5.74) is -0.479. The monoisotopic (exact) mass is 258 g/mol. The number of esters is 1. The summed E-state index contributed by atoms with van der Waals surface area (Å²) in [6.07, 6.45) is 0. The molecule has 0 aliphatic heterocycles. The first-order valence-corrected chi connectivity index (χ1v) is 5.34. The minimum absolute atomic E-state index is 0.00760. The van der Waals surface area contributed by atoms with Crippen molar-refractivity contribution in [1.29, 1.82) is 0 Å². The Morgan fingerprint density at radius 2 is 1.83 bits per heavy atom. The molecule has 1 aromatic carbocycles. The largest absolute Gasteiger partial charge is 0.490 e. The summed E-state index contributed by atoms with van der Waals surface area (Å²) in [6.45, 7) is 3.15. The Kier molecular flexibility index (Phi) is 4.76. The minimum atomic E-state index is -1.18. The molecule has 0 amide bonds. The quantitative estimate of drug-likeness (QED) is 0.461. The molecule has 0 spiro atoms. The second-order valence-corrected chi connectivity index (χ2v) is 3.25. The molecule has 0 N–H and O–H groups in total. The van der Waals surface area contributed by atoms with Crippen molar-refractivity contribution in [3.63, 3.8) is 0 Å². The first-order chi connectivity index (χ1) is 8.51. The maximum Gasteiger partial charge on any atom is 0.379 e. The summed E-state index contributed by atoms with van der Waals surface area (Å²) >= 11 is 0. The fourth-order valence-electron chi connectivity index (χ4n) is 1.33. The summed E-state index contributed by atoms with van der Waals surface area (Å²) in [5, 5.41) is 0. The zero-order chi connectivity index (χ0) is 13.7. The Hall–Kier alpha value is -1.98. The van der Waals surface area contributed by atoms with Gasteiger partial charge in [0.25, 0.3) is 5.78 Å². The number of ether oxygens (including phenoxy) is 2. The van der Waals surface area contributed by atoms with E-state index in [1.165, 1.54) is 6.92 Å². The highest BCUT2D eigenvalue weighted by molar-refractivity contribution is 6.41. The molecule has 1 aromatic rings. The number of halogens is 2. The zero-order valence-corrected chi connectivity index (χ0v) is 9.96. The smallest absolute Gasteiger partial charge is 0.379 e. The van der Waals surface area contributed by atoms with E-state index in [1.54, 1.807) is 6.92 Å². The van der Waals surface area contributed by atoms with Gasteiger partial charge >= 0.3 is 5.97 Å². The Morgan fingerprint density at radius 3 is 2.39 bits per heavy atom. The lowest BCUT2D eigenvalue weighted by Gasteiger charge is -2.10. The van der Waals surface area contributed by atoms with Crippen molar-refractivity contribution in [2.24, 2.45) is 0 Å². The molecule has 0 fully saturated rings. The lowest BCUT2D eigenvalue weighted by molar-refractivity contribution is -0.137. The van der Waals surface area contributed by atoms with Gasteiger partial charge in [0.1, 0.15) is 5.82 Å². The van der Waals surface area contributed by atoms with E-state index in [-0.39, 0.29) is 13.2 Å². The van der Waals surface area contributed by atoms with Crippen LogP contribution in [0.25, 0.3) is 0 Å². The van der Waals surface area contributed by atoms with Crippen LogP contribution < -0.4 is 4.74 Å². The van der Waals surface area contributed by atoms with Gasteiger partial charge in [-0.2, -0.15) is 0 Å². The van der Waals surface area contributed by atoms with Crippen molar-refractivity contribution in [2.45, 2.75) is 13.8 Å². The van der Waals surface area contributed by atoms with Crippen molar-refractivity contribution >= 4 is 11.8 Å². The maximum atomic E-state index is 13.4. The molecule has 0 aliphatic carbocycles. The molecule has 18 heavy (non-hydrogen) atoms. The molecule has 1 rings (SSSR count). The lowest BCUT2D eigenvalue weighted by atomic mass is 10.1. The van der Waals surface area contributed by atoms with Crippen LogP contribution in [-0.2, 0) is 9.53 Å².